The molecule has 0 saturated carbocycles. The highest BCUT2D eigenvalue weighted by Gasteiger charge is 2.09. The molecule has 1 aromatic rings. The van der Waals surface area contributed by atoms with Gasteiger partial charge in [0.2, 0.25) is 5.88 Å². The van der Waals surface area contributed by atoms with E-state index >= 15 is 0 Å². The topological polar surface area (TPSA) is 54.5 Å². The van der Waals surface area contributed by atoms with Crippen molar-refractivity contribution in [2.45, 2.75) is 6.42 Å². The Hall–Kier alpha value is -1.33. The van der Waals surface area contributed by atoms with Gasteiger partial charge in [-0.05, 0) is 33.1 Å². The number of nitrogens with one attached hydrogen (secondary N) is 1. The Morgan fingerprint density at radius 1 is 1.50 bits per heavy atom. The molecule has 1 amide bonds. The maximum atomic E-state index is 11.8. The van der Waals surface area contributed by atoms with Crippen LogP contribution in [0.25, 0.3) is 0 Å². The molecule has 0 fully saturated rings. The third-order valence-electron chi connectivity index (χ3n) is 2.31. The monoisotopic (exact) mass is 271 g/mol. The SMILES string of the molecule is COc1cc(C(=O)NCCCN(C)C)cc(Cl)n1. The van der Waals surface area contributed by atoms with Crippen LogP contribution in [0, 0.1) is 0 Å². The maximum Gasteiger partial charge on any atom is 0.251 e. The van der Waals surface area contributed by atoms with Gasteiger partial charge < -0.3 is 15.0 Å². The predicted octanol–water partition coefficient (Wildman–Crippen LogP) is 1.43. The van der Waals surface area contributed by atoms with Gasteiger partial charge >= 0.3 is 0 Å². The van der Waals surface area contributed by atoms with Gasteiger partial charge in [-0.2, -0.15) is 0 Å². The number of halogens is 1. The van der Waals surface area contributed by atoms with Crippen LogP contribution in [0.5, 0.6) is 5.88 Å². The van der Waals surface area contributed by atoms with Crippen LogP contribution in [0.4, 0.5) is 0 Å². The molecule has 0 aliphatic carbocycles. The molecule has 0 aliphatic heterocycles. The second kappa shape index (κ2) is 7.18. The quantitative estimate of drug-likeness (QED) is 0.628. The van der Waals surface area contributed by atoms with Crippen molar-refractivity contribution in [1.82, 2.24) is 15.2 Å². The van der Waals surface area contributed by atoms with E-state index in [0.717, 1.165) is 13.0 Å². The number of hydrogen-bond donors (Lipinski definition) is 1. The molecule has 0 bridgehead atoms. The van der Waals surface area contributed by atoms with Crippen molar-refractivity contribution in [2.75, 3.05) is 34.3 Å². The van der Waals surface area contributed by atoms with Gasteiger partial charge in [0.25, 0.3) is 5.91 Å². The van der Waals surface area contributed by atoms with Gasteiger partial charge in [-0.25, -0.2) is 4.98 Å². The van der Waals surface area contributed by atoms with Crippen LogP contribution in [-0.4, -0.2) is 50.1 Å². The first-order valence-corrected chi connectivity index (χ1v) is 6.05. The van der Waals surface area contributed by atoms with E-state index < -0.39 is 0 Å². The smallest absolute Gasteiger partial charge is 0.251 e. The van der Waals surface area contributed by atoms with Gasteiger partial charge in [-0.15, -0.1) is 0 Å². The highest BCUT2D eigenvalue weighted by Crippen LogP contribution is 2.15. The Morgan fingerprint density at radius 3 is 2.83 bits per heavy atom. The molecule has 0 atom stereocenters. The molecule has 0 aromatic carbocycles. The van der Waals surface area contributed by atoms with Gasteiger partial charge in [-0.1, -0.05) is 11.6 Å². The van der Waals surface area contributed by atoms with Gasteiger partial charge in [-0.3, -0.25) is 4.79 Å². The first-order chi connectivity index (χ1) is 8.52. The van der Waals surface area contributed by atoms with Crippen molar-refractivity contribution in [3.63, 3.8) is 0 Å². The summed E-state index contributed by atoms with van der Waals surface area (Å²) in [5, 5.41) is 3.07. The Labute approximate surface area is 112 Å². The van der Waals surface area contributed by atoms with Gasteiger partial charge in [0, 0.05) is 18.2 Å². The molecule has 5 nitrogen and oxygen atoms in total. The largest absolute Gasteiger partial charge is 0.481 e. The van der Waals surface area contributed by atoms with Crippen LogP contribution in [0.3, 0.4) is 0 Å². The van der Waals surface area contributed by atoms with Crippen molar-refractivity contribution in [2.24, 2.45) is 0 Å². The van der Waals surface area contributed by atoms with E-state index in [1.54, 1.807) is 6.07 Å². The van der Waals surface area contributed by atoms with Crippen molar-refractivity contribution >= 4 is 17.5 Å². The van der Waals surface area contributed by atoms with Crippen LogP contribution in [0.2, 0.25) is 5.15 Å². The molecule has 18 heavy (non-hydrogen) atoms. The lowest BCUT2D eigenvalue weighted by Crippen LogP contribution is -2.27. The lowest BCUT2D eigenvalue weighted by atomic mass is 10.2. The molecule has 1 heterocycles. The normalized spacial score (nSPS) is 10.5. The summed E-state index contributed by atoms with van der Waals surface area (Å²) in [4.78, 5) is 17.8. The summed E-state index contributed by atoms with van der Waals surface area (Å²) in [5.41, 5.74) is 0.455. The zero-order valence-corrected chi connectivity index (χ0v) is 11.6. The number of rotatable bonds is 6. The number of pyridine rings is 1. The van der Waals surface area contributed by atoms with Crippen molar-refractivity contribution in [1.29, 1.82) is 0 Å². The maximum absolute atomic E-state index is 11.8. The van der Waals surface area contributed by atoms with Crippen molar-refractivity contribution in [3.8, 4) is 5.88 Å². The first-order valence-electron chi connectivity index (χ1n) is 5.67. The van der Waals surface area contributed by atoms with Gasteiger partial charge in [0.15, 0.2) is 0 Å². The number of carbonyl (C=O) groups excluding carboxylic acids is 1. The van der Waals surface area contributed by atoms with E-state index in [-0.39, 0.29) is 11.1 Å². The molecule has 100 valence electrons. The standard InChI is InChI=1S/C12H18ClN3O2/c1-16(2)6-4-5-14-12(17)9-7-10(13)15-11(8-9)18-3/h7-8H,4-6H2,1-3H3,(H,14,17). The van der Waals surface area contributed by atoms with Crippen LogP contribution < -0.4 is 10.1 Å². The molecule has 0 radical (unpaired) electrons. The van der Waals surface area contributed by atoms with Gasteiger partial charge in [0.1, 0.15) is 5.15 Å². The summed E-state index contributed by atoms with van der Waals surface area (Å²) in [6.07, 6.45) is 0.898. The van der Waals surface area contributed by atoms with E-state index in [4.69, 9.17) is 16.3 Å². The minimum absolute atomic E-state index is 0.170. The minimum Gasteiger partial charge on any atom is -0.481 e. The molecule has 0 aliphatic rings. The Balaban J connectivity index is 2.53. The second-order valence-corrected chi connectivity index (χ2v) is 4.52. The van der Waals surface area contributed by atoms with E-state index in [1.807, 2.05) is 14.1 Å². The Bertz CT molecular complexity index is 410. The Kier molecular flexibility index (Phi) is 5.88. The number of amides is 1. The molecule has 0 saturated heterocycles. The number of nitrogens with zero attached hydrogens (tertiary/aromatic N) is 2. The van der Waals surface area contributed by atoms with E-state index in [2.05, 4.69) is 15.2 Å². The summed E-state index contributed by atoms with van der Waals surface area (Å²) < 4.78 is 4.96. The summed E-state index contributed by atoms with van der Waals surface area (Å²) in [5.74, 6) is 0.164. The summed E-state index contributed by atoms with van der Waals surface area (Å²) >= 11 is 5.80. The second-order valence-electron chi connectivity index (χ2n) is 4.13. The van der Waals surface area contributed by atoms with Crippen LogP contribution >= 0.6 is 11.6 Å². The molecule has 0 unspecified atom stereocenters. The van der Waals surface area contributed by atoms with Gasteiger partial charge in [0.05, 0.1) is 7.11 Å². The van der Waals surface area contributed by atoms with E-state index in [0.29, 0.717) is 18.0 Å². The third-order valence-corrected chi connectivity index (χ3v) is 2.50. The molecule has 1 aromatic heterocycles. The summed E-state index contributed by atoms with van der Waals surface area (Å²) in [6.45, 7) is 1.56. The molecular weight excluding hydrogens is 254 g/mol. The molecular formula is C12H18ClN3O2. The lowest BCUT2D eigenvalue weighted by molar-refractivity contribution is 0.0952. The third kappa shape index (κ3) is 4.89. The highest BCUT2D eigenvalue weighted by molar-refractivity contribution is 6.29. The average molecular weight is 272 g/mol. The fourth-order valence-electron chi connectivity index (χ4n) is 1.41. The number of methoxy groups -OCH3 is 1. The zero-order valence-electron chi connectivity index (χ0n) is 10.9. The highest BCUT2D eigenvalue weighted by atomic mass is 35.5. The molecule has 1 N–H and O–H groups in total. The predicted molar refractivity (Wildman–Crippen MR) is 71.3 cm³/mol. The number of aromatic nitrogens is 1. The summed E-state index contributed by atoms with van der Waals surface area (Å²) in [6, 6.07) is 3.08. The lowest BCUT2D eigenvalue weighted by Gasteiger charge is -2.10. The molecule has 1 rings (SSSR count). The number of hydrogen-bond acceptors (Lipinski definition) is 4. The van der Waals surface area contributed by atoms with E-state index in [1.165, 1.54) is 13.2 Å². The number of ether oxygens (including phenoxy) is 1. The minimum atomic E-state index is -0.170. The number of carbonyl (C=O) groups is 1. The van der Waals surface area contributed by atoms with Crippen LogP contribution in [0.15, 0.2) is 12.1 Å². The zero-order chi connectivity index (χ0) is 13.5. The molecule has 0 spiro atoms. The van der Waals surface area contributed by atoms with Crippen molar-refractivity contribution in [3.05, 3.63) is 22.8 Å². The van der Waals surface area contributed by atoms with Crippen LogP contribution in [-0.2, 0) is 0 Å². The Morgan fingerprint density at radius 2 is 2.22 bits per heavy atom. The first kappa shape index (κ1) is 14.7. The average Bonchev–Trinajstić information content (AvgIpc) is 2.33. The fraction of sp³-hybridized carbons (Fsp3) is 0.500. The van der Waals surface area contributed by atoms with Crippen LogP contribution in [0.1, 0.15) is 16.8 Å². The fourth-order valence-corrected chi connectivity index (χ4v) is 1.61. The molecule has 6 heteroatoms. The van der Waals surface area contributed by atoms with Crippen molar-refractivity contribution < 1.29 is 9.53 Å². The summed E-state index contributed by atoms with van der Waals surface area (Å²) in [7, 11) is 5.47. The van der Waals surface area contributed by atoms with E-state index in [9.17, 15) is 4.79 Å².